The summed E-state index contributed by atoms with van der Waals surface area (Å²) in [4.78, 5) is 36.9. The molecule has 0 atom stereocenters. The van der Waals surface area contributed by atoms with E-state index in [0.717, 1.165) is 35.0 Å². The van der Waals surface area contributed by atoms with Crippen LogP contribution in [0.5, 0.6) is 5.75 Å². The van der Waals surface area contributed by atoms with E-state index in [1.54, 1.807) is 43.9 Å². The van der Waals surface area contributed by atoms with Crippen LogP contribution in [0.25, 0.3) is 0 Å². The van der Waals surface area contributed by atoms with Crippen LogP contribution in [0.4, 0.5) is 15.6 Å². The molecule has 4 rings (SSSR count). The van der Waals surface area contributed by atoms with Gasteiger partial charge in [0, 0.05) is 23.9 Å². The van der Waals surface area contributed by atoms with Gasteiger partial charge in [-0.1, -0.05) is 24.2 Å². The molecule has 3 aromatic rings. The van der Waals surface area contributed by atoms with E-state index >= 15 is 0 Å². The number of methoxy groups -OCH3 is 1. The van der Waals surface area contributed by atoms with Gasteiger partial charge in [0.15, 0.2) is 16.1 Å². The van der Waals surface area contributed by atoms with Crippen LogP contribution in [-0.2, 0) is 0 Å². The number of thiazole rings is 1. The molecular formula is C20H21N5O3S2. The van der Waals surface area contributed by atoms with E-state index in [2.05, 4.69) is 25.6 Å². The summed E-state index contributed by atoms with van der Waals surface area (Å²) in [6, 6.07) is 4.66. The molecule has 2 aromatic heterocycles. The number of nitrogens with zero attached hydrogens (tertiary/aromatic N) is 2. The number of ether oxygens (including phenoxy) is 1. The zero-order valence-electron chi connectivity index (χ0n) is 16.3. The van der Waals surface area contributed by atoms with Crippen molar-refractivity contribution in [3.8, 4) is 5.75 Å². The third-order valence-corrected chi connectivity index (χ3v) is 6.77. The molecule has 2 amide bonds. The minimum absolute atomic E-state index is 0.000800. The molecule has 1 fully saturated rings. The molecule has 156 valence electrons. The number of carbonyl (C=O) groups is 2. The summed E-state index contributed by atoms with van der Waals surface area (Å²) < 4.78 is 6.16. The molecule has 0 radical (unpaired) electrons. The number of benzene rings is 1. The van der Waals surface area contributed by atoms with E-state index in [1.807, 2.05) is 0 Å². The second kappa shape index (κ2) is 9.31. The third kappa shape index (κ3) is 4.82. The average Bonchev–Trinajstić information content (AvgIpc) is 3.51. The summed E-state index contributed by atoms with van der Waals surface area (Å²) in [7, 11) is 1.56. The first-order valence-electron chi connectivity index (χ1n) is 9.55. The van der Waals surface area contributed by atoms with Crippen LogP contribution >= 0.6 is 23.1 Å². The quantitative estimate of drug-likeness (QED) is 0.441. The Labute approximate surface area is 181 Å². The average molecular weight is 444 g/mol. The molecule has 0 spiro atoms. The standard InChI is InChI=1S/C20H21N5O3S2/c1-28-13-6-7-15(14(10-13)17(26)12-4-2-3-5-12)24-18(27)25-20-23-11-16(30-20)29-19-21-8-9-22-19/h6-12H,2-5H2,1H3,(H,21,22)(H2,23,24,25,27). The predicted octanol–water partition coefficient (Wildman–Crippen LogP) is 5.04. The Hall–Kier alpha value is -2.85. The van der Waals surface area contributed by atoms with Crippen LogP contribution in [0, 0.1) is 5.92 Å². The van der Waals surface area contributed by atoms with E-state index in [0.29, 0.717) is 22.1 Å². The molecule has 1 aliphatic rings. The Morgan fingerprint density at radius 2 is 2.07 bits per heavy atom. The summed E-state index contributed by atoms with van der Waals surface area (Å²) in [6.45, 7) is 0. The van der Waals surface area contributed by atoms with E-state index in [4.69, 9.17) is 4.74 Å². The van der Waals surface area contributed by atoms with Crippen molar-refractivity contribution in [2.45, 2.75) is 35.0 Å². The third-order valence-electron chi connectivity index (χ3n) is 4.84. The molecule has 8 nitrogen and oxygen atoms in total. The number of rotatable bonds is 7. The Morgan fingerprint density at radius 1 is 1.23 bits per heavy atom. The monoisotopic (exact) mass is 443 g/mol. The number of carbonyl (C=O) groups excluding carboxylic acids is 2. The normalized spacial score (nSPS) is 13.9. The Bertz CT molecular complexity index is 1030. The highest BCUT2D eigenvalue weighted by Gasteiger charge is 2.26. The maximum absolute atomic E-state index is 13.0. The van der Waals surface area contributed by atoms with Gasteiger partial charge in [0.1, 0.15) is 5.75 Å². The topological polar surface area (TPSA) is 109 Å². The molecule has 1 aliphatic carbocycles. The smallest absolute Gasteiger partial charge is 0.325 e. The Balaban J connectivity index is 1.45. The number of ketones is 1. The number of amides is 2. The van der Waals surface area contributed by atoms with E-state index < -0.39 is 6.03 Å². The number of urea groups is 1. The summed E-state index contributed by atoms with van der Waals surface area (Å²) in [5.41, 5.74) is 0.941. The Morgan fingerprint density at radius 3 is 2.80 bits per heavy atom. The van der Waals surface area contributed by atoms with Crippen LogP contribution in [0.15, 0.2) is 46.2 Å². The van der Waals surface area contributed by atoms with Gasteiger partial charge in [-0.3, -0.25) is 10.1 Å². The van der Waals surface area contributed by atoms with Crippen molar-refractivity contribution in [1.82, 2.24) is 15.0 Å². The molecular weight excluding hydrogens is 422 g/mol. The van der Waals surface area contributed by atoms with Gasteiger partial charge in [-0.25, -0.2) is 14.8 Å². The van der Waals surface area contributed by atoms with Gasteiger partial charge in [-0.15, -0.1) is 0 Å². The minimum atomic E-state index is -0.454. The van der Waals surface area contributed by atoms with E-state index in [1.165, 1.54) is 23.1 Å². The SMILES string of the molecule is COc1ccc(NC(=O)Nc2ncc(Sc3ncc[nH]3)s2)c(C(=O)C2CCCC2)c1. The van der Waals surface area contributed by atoms with Crippen LogP contribution in [0.2, 0.25) is 0 Å². The van der Waals surface area contributed by atoms with Crippen LogP contribution < -0.4 is 15.4 Å². The van der Waals surface area contributed by atoms with Crippen molar-refractivity contribution < 1.29 is 14.3 Å². The van der Waals surface area contributed by atoms with E-state index in [-0.39, 0.29) is 11.7 Å². The van der Waals surface area contributed by atoms with Gasteiger partial charge in [0.05, 0.1) is 23.2 Å². The fourth-order valence-electron chi connectivity index (χ4n) is 3.39. The zero-order valence-corrected chi connectivity index (χ0v) is 17.9. The number of nitrogens with one attached hydrogen (secondary N) is 3. The molecule has 30 heavy (non-hydrogen) atoms. The number of Topliss-reactive ketones (excluding diaryl/α,β-unsaturated/α-hetero) is 1. The number of imidazole rings is 1. The molecule has 2 heterocycles. The molecule has 0 unspecified atom stereocenters. The Kier molecular flexibility index (Phi) is 6.34. The number of aromatic nitrogens is 3. The summed E-state index contributed by atoms with van der Waals surface area (Å²) in [6.07, 6.45) is 8.99. The highest BCUT2D eigenvalue weighted by molar-refractivity contribution is 8.01. The molecule has 10 heteroatoms. The van der Waals surface area contributed by atoms with Crippen LogP contribution in [0.3, 0.4) is 0 Å². The first-order chi connectivity index (χ1) is 14.6. The molecule has 3 N–H and O–H groups in total. The van der Waals surface area contributed by atoms with Crippen LogP contribution in [-0.4, -0.2) is 33.9 Å². The number of anilines is 2. The first kappa shape index (κ1) is 20.4. The number of H-pyrrole nitrogens is 1. The van der Waals surface area contributed by atoms with Gasteiger partial charge in [-0.2, -0.15) is 0 Å². The molecule has 1 saturated carbocycles. The number of hydrogen-bond donors (Lipinski definition) is 3. The van der Waals surface area contributed by atoms with Gasteiger partial charge < -0.3 is 15.0 Å². The minimum Gasteiger partial charge on any atom is -0.497 e. The van der Waals surface area contributed by atoms with Crippen molar-refractivity contribution in [1.29, 1.82) is 0 Å². The molecule has 0 bridgehead atoms. The van der Waals surface area contributed by atoms with Crippen molar-refractivity contribution in [3.05, 3.63) is 42.4 Å². The van der Waals surface area contributed by atoms with Gasteiger partial charge >= 0.3 is 6.03 Å². The van der Waals surface area contributed by atoms with Crippen molar-refractivity contribution in [3.63, 3.8) is 0 Å². The first-order valence-corrected chi connectivity index (χ1v) is 11.2. The maximum Gasteiger partial charge on any atom is 0.325 e. The highest BCUT2D eigenvalue weighted by atomic mass is 32.2. The van der Waals surface area contributed by atoms with Crippen molar-refractivity contribution in [2.24, 2.45) is 5.92 Å². The number of hydrogen-bond acceptors (Lipinski definition) is 7. The highest BCUT2D eigenvalue weighted by Crippen LogP contribution is 2.33. The lowest BCUT2D eigenvalue weighted by Crippen LogP contribution is -2.22. The second-order valence-electron chi connectivity index (χ2n) is 6.82. The van der Waals surface area contributed by atoms with Crippen molar-refractivity contribution >= 4 is 45.7 Å². The van der Waals surface area contributed by atoms with Gasteiger partial charge in [0.2, 0.25) is 0 Å². The summed E-state index contributed by atoms with van der Waals surface area (Å²) >= 11 is 2.77. The van der Waals surface area contributed by atoms with Crippen LogP contribution in [0.1, 0.15) is 36.0 Å². The lowest BCUT2D eigenvalue weighted by molar-refractivity contribution is 0.0923. The van der Waals surface area contributed by atoms with Gasteiger partial charge in [-0.05, 0) is 42.8 Å². The largest absolute Gasteiger partial charge is 0.497 e. The predicted molar refractivity (Wildman–Crippen MR) is 117 cm³/mol. The van der Waals surface area contributed by atoms with E-state index in [9.17, 15) is 9.59 Å². The summed E-state index contributed by atoms with van der Waals surface area (Å²) in [5, 5.41) is 6.72. The lowest BCUT2D eigenvalue weighted by Gasteiger charge is -2.15. The second-order valence-corrected chi connectivity index (χ2v) is 9.14. The lowest BCUT2D eigenvalue weighted by atomic mass is 9.95. The van der Waals surface area contributed by atoms with Crippen molar-refractivity contribution in [2.75, 3.05) is 17.7 Å². The molecule has 1 aromatic carbocycles. The zero-order chi connectivity index (χ0) is 20.9. The summed E-state index contributed by atoms with van der Waals surface area (Å²) in [5.74, 6) is 0.635. The number of aromatic amines is 1. The van der Waals surface area contributed by atoms with Gasteiger partial charge in [0.25, 0.3) is 0 Å². The fraction of sp³-hybridized carbons (Fsp3) is 0.300. The maximum atomic E-state index is 13.0. The molecule has 0 aliphatic heterocycles. The fourth-order valence-corrected chi connectivity index (χ4v) is 5.11. The molecule has 0 saturated heterocycles.